The molecule has 0 atom stereocenters. The zero-order valence-corrected chi connectivity index (χ0v) is 14.1. The van der Waals surface area contributed by atoms with Gasteiger partial charge in [0, 0.05) is 18.7 Å². The van der Waals surface area contributed by atoms with Crippen molar-refractivity contribution in [1.82, 2.24) is 20.1 Å². The molecule has 2 heterocycles. The maximum Gasteiger partial charge on any atom is 0.191 e. The maximum atomic E-state index is 13.2. The number of nitrogens with zero attached hydrogens (tertiary/aromatic N) is 3. The lowest BCUT2D eigenvalue weighted by atomic mass is 9.97. The zero-order chi connectivity index (χ0) is 14.7. The average molecular weight is 343 g/mol. The van der Waals surface area contributed by atoms with Crippen LogP contribution in [-0.4, -0.2) is 27.9 Å². The molecule has 1 aliphatic heterocycles. The smallest absolute Gasteiger partial charge is 0.191 e. The summed E-state index contributed by atoms with van der Waals surface area (Å²) in [7, 11) is 2.02. The van der Waals surface area contributed by atoms with Gasteiger partial charge in [-0.3, -0.25) is 0 Å². The summed E-state index contributed by atoms with van der Waals surface area (Å²) in [6.07, 6.45) is 2.22. The second kappa shape index (κ2) is 7.94. The highest BCUT2D eigenvalue weighted by Crippen LogP contribution is 2.27. The summed E-state index contributed by atoms with van der Waals surface area (Å²) in [6, 6.07) is 6.70. The van der Waals surface area contributed by atoms with E-state index in [9.17, 15) is 4.39 Å². The lowest BCUT2D eigenvalue weighted by Gasteiger charge is -2.21. The van der Waals surface area contributed by atoms with E-state index in [-0.39, 0.29) is 18.2 Å². The Morgan fingerprint density at radius 1 is 1.32 bits per heavy atom. The fourth-order valence-corrected chi connectivity index (χ4v) is 3.52. The van der Waals surface area contributed by atoms with Crippen LogP contribution >= 0.6 is 24.2 Å². The lowest BCUT2D eigenvalue weighted by molar-refractivity contribution is 0.434. The molecule has 1 aliphatic rings. The standard InChI is InChI=1S/C15H19FN4S.ClH/c1-20-14(12-5-7-17-8-6-12)18-19-15(20)21-10-11-3-2-4-13(16)9-11;/h2-4,9,12,17H,5-8,10H2,1H3;1H. The Hall–Kier alpha value is -1.11. The lowest BCUT2D eigenvalue weighted by Crippen LogP contribution is -2.27. The highest BCUT2D eigenvalue weighted by atomic mass is 35.5. The minimum Gasteiger partial charge on any atom is -0.317 e. The molecular formula is C15H20ClFN4S. The largest absolute Gasteiger partial charge is 0.317 e. The first kappa shape index (κ1) is 17.2. The normalized spacial score (nSPS) is 15.5. The summed E-state index contributed by atoms with van der Waals surface area (Å²) in [5, 5.41) is 12.9. The van der Waals surface area contributed by atoms with E-state index in [0.29, 0.717) is 11.7 Å². The molecule has 4 nitrogen and oxygen atoms in total. The molecule has 2 aromatic rings. The van der Waals surface area contributed by atoms with E-state index in [1.54, 1.807) is 23.9 Å². The topological polar surface area (TPSA) is 42.7 Å². The number of rotatable bonds is 4. The van der Waals surface area contributed by atoms with E-state index in [2.05, 4.69) is 20.1 Å². The molecule has 1 saturated heterocycles. The van der Waals surface area contributed by atoms with Gasteiger partial charge in [0.2, 0.25) is 0 Å². The van der Waals surface area contributed by atoms with Crippen molar-refractivity contribution in [2.45, 2.75) is 29.7 Å². The van der Waals surface area contributed by atoms with E-state index in [1.807, 2.05) is 13.1 Å². The molecule has 0 bridgehead atoms. The first-order chi connectivity index (χ1) is 10.2. The van der Waals surface area contributed by atoms with Crippen molar-refractivity contribution in [3.05, 3.63) is 41.5 Å². The Bertz CT molecular complexity index is 613. The fourth-order valence-electron chi connectivity index (χ4n) is 2.66. The number of halogens is 2. The van der Waals surface area contributed by atoms with Crippen LogP contribution in [0.25, 0.3) is 0 Å². The molecule has 1 fully saturated rings. The molecule has 3 rings (SSSR count). The van der Waals surface area contributed by atoms with Crippen molar-refractivity contribution in [3.63, 3.8) is 0 Å². The molecule has 7 heteroatoms. The third kappa shape index (κ3) is 4.00. The van der Waals surface area contributed by atoms with E-state index in [0.717, 1.165) is 42.5 Å². The van der Waals surface area contributed by atoms with Crippen LogP contribution in [0.15, 0.2) is 29.4 Å². The van der Waals surface area contributed by atoms with E-state index in [4.69, 9.17) is 0 Å². The highest BCUT2D eigenvalue weighted by Gasteiger charge is 2.21. The van der Waals surface area contributed by atoms with Crippen LogP contribution in [0.2, 0.25) is 0 Å². The van der Waals surface area contributed by atoms with Gasteiger partial charge in [0.1, 0.15) is 11.6 Å². The maximum absolute atomic E-state index is 13.2. The summed E-state index contributed by atoms with van der Waals surface area (Å²) in [6.45, 7) is 2.09. The average Bonchev–Trinajstić information content (AvgIpc) is 2.87. The van der Waals surface area contributed by atoms with Crippen molar-refractivity contribution >= 4 is 24.2 Å². The predicted octanol–water partition coefficient (Wildman–Crippen LogP) is 3.14. The Morgan fingerprint density at radius 3 is 2.82 bits per heavy atom. The third-order valence-electron chi connectivity index (χ3n) is 3.83. The van der Waals surface area contributed by atoms with Crippen LogP contribution in [0.1, 0.15) is 30.1 Å². The second-order valence-corrected chi connectivity index (χ2v) is 6.29. The van der Waals surface area contributed by atoms with Gasteiger partial charge in [0.25, 0.3) is 0 Å². The number of piperidine rings is 1. The molecule has 1 aromatic carbocycles. The number of hydrogen-bond donors (Lipinski definition) is 1. The van der Waals surface area contributed by atoms with Crippen molar-refractivity contribution in [2.75, 3.05) is 13.1 Å². The molecule has 22 heavy (non-hydrogen) atoms. The molecule has 0 amide bonds. The molecular weight excluding hydrogens is 323 g/mol. The van der Waals surface area contributed by atoms with E-state index < -0.39 is 0 Å². The minimum absolute atomic E-state index is 0. The molecule has 0 radical (unpaired) electrons. The summed E-state index contributed by atoms with van der Waals surface area (Å²) in [4.78, 5) is 0. The third-order valence-corrected chi connectivity index (χ3v) is 4.92. The molecule has 120 valence electrons. The fraction of sp³-hybridized carbons (Fsp3) is 0.467. The van der Waals surface area contributed by atoms with Crippen molar-refractivity contribution in [2.24, 2.45) is 7.05 Å². The predicted molar refractivity (Wildman–Crippen MR) is 89.1 cm³/mol. The van der Waals surface area contributed by atoms with Crippen LogP contribution in [0, 0.1) is 5.82 Å². The van der Waals surface area contributed by atoms with Gasteiger partial charge >= 0.3 is 0 Å². The van der Waals surface area contributed by atoms with Gasteiger partial charge in [0.05, 0.1) is 0 Å². The summed E-state index contributed by atoms with van der Waals surface area (Å²) in [5.41, 5.74) is 0.964. The monoisotopic (exact) mass is 342 g/mol. The molecule has 0 aliphatic carbocycles. The minimum atomic E-state index is -0.193. The Labute approximate surface area is 140 Å². The Balaban J connectivity index is 0.00000176. The second-order valence-electron chi connectivity index (χ2n) is 5.34. The molecule has 0 saturated carbocycles. The van der Waals surface area contributed by atoms with Crippen molar-refractivity contribution in [1.29, 1.82) is 0 Å². The summed E-state index contributed by atoms with van der Waals surface area (Å²) >= 11 is 1.60. The van der Waals surface area contributed by atoms with Gasteiger partial charge in [-0.1, -0.05) is 23.9 Å². The number of nitrogens with one attached hydrogen (secondary N) is 1. The molecule has 1 N–H and O–H groups in total. The Morgan fingerprint density at radius 2 is 2.09 bits per heavy atom. The summed E-state index contributed by atoms with van der Waals surface area (Å²) < 4.78 is 15.3. The SMILES string of the molecule is Cl.Cn1c(SCc2cccc(F)c2)nnc1C1CCNCC1. The highest BCUT2D eigenvalue weighted by molar-refractivity contribution is 7.98. The Kier molecular flexibility index (Phi) is 6.23. The molecule has 0 unspecified atom stereocenters. The van der Waals surface area contributed by atoms with Gasteiger partial charge < -0.3 is 9.88 Å². The van der Waals surface area contributed by atoms with Gasteiger partial charge in [-0.25, -0.2) is 4.39 Å². The molecule has 1 aromatic heterocycles. The van der Waals surface area contributed by atoms with Gasteiger partial charge in [-0.15, -0.1) is 22.6 Å². The van der Waals surface area contributed by atoms with E-state index >= 15 is 0 Å². The molecule has 0 spiro atoms. The van der Waals surface area contributed by atoms with Crippen molar-refractivity contribution < 1.29 is 4.39 Å². The van der Waals surface area contributed by atoms with Crippen LogP contribution in [0.5, 0.6) is 0 Å². The van der Waals surface area contributed by atoms with Gasteiger partial charge in [0.15, 0.2) is 5.16 Å². The first-order valence-electron chi connectivity index (χ1n) is 7.21. The van der Waals surface area contributed by atoms with Crippen LogP contribution in [0.4, 0.5) is 4.39 Å². The van der Waals surface area contributed by atoms with Crippen LogP contribution < -0.4 is 5.32 Å². The number of thioether (sulfide) groups is 1. The van der Waals surface area contributed by atoms with E-state index in [1.165, 1.54) is 6.07 Å². The number of aromatic nitrogens is 3. The van der Waals surface area contributed by atoms with Crippen LogP contribution in [0.3, 0.4) is 0 Å². The van der Waals surface area contributed by atoms with Crippen LogP contribution in [-0.2, 0) is 12.8 Å². The number of hydrogen-bond acceptors (Lipinski definition) is 4. The van der Waals surface area contributed by atoms with Gasteiger partial charge in [-0.2, -0.15) is 0 Å². The van der Waals surface area contributed by atoms with Crippen molar-refractivity contribution in [3.8, 4) is 0 Å². The quantitative estimate of drug-likeness (QED) is 0.867. The zero-order valence-electron chi connectivity index (χ0n) is 12.5. The first-order valence-corrected chi connectivity index (χ1v) is 8.20. The summed E-state index contributed by atoms with van der Waals surface area (Å²) in [5.74, 6) is 2.07. The van der Waals surface area contributed by atoms with Gasteiger partial charge in [-0.05, 0) is 43.6 Å². The number of benzene rings is 1.